The quantitative estimate of drug-likeness (QED) is 0.0656. The highest BCUT2D eigenvalue weighted by atomic mass is 16.7. The molecule has 1 saturated heterocycles. The zero-order valence-corrected chi connectivity index (χ0v) is 25.0. The molecule has 0 radical (unpaired) electrons. The molecular weight excluding hydrogens is 550 g/mol. The second-order valence-corrected chi connectivity index (χ2v) is 11.7. The molecule has 0 aromatic rings. The number of carboxylic acid groups (broad SMARTS) is 1. The molecule has 1 aliphatic carbocycles. The van der Waals surface area contributed by atoms with Gasteiger partial charge >= 0.3 is 5.97 Å². The van der Waals surface area contributed by atoms with E-state index in [1.165, 1.54) is 51.4 Å². The van der Waals surface area contributed by atoms with Crippen LogP contribution in [0.15, 0.2) is 4.99 Å². The second-order valence-electron chi connectivity index (χ2n) is 11.7. The van der Waals surface area contributed by atoms with E-state index in [0.29, 0.717) is 6.42 Å². The third-order valence-electron chi connectivity index (χ3n) is 8.21. The summed E-state index contributed by atoms with van der Waals surface area (Å²) in [5.74, 6) is -2.30. The molecular formula is C29H53N3O10. The largest absolute Gasteiger partial charge is 0.475 e. The van der Waals surface area contributed by atoms with Crippen LogP contribution < -0.4 is 11.1 Å². The van der Waals surface area contributed by atoms with Gasteiger partial charge in [0.2, 0.25) is 11.7 Å². The van der Waals surface area contributed by atoms with Gasteiger partial charge in [0.05, 0.1) is 18.2 Å². The molecule has 2 unspecified atom stereocenters. The first-order valence-electron chi connectivity index (χ1n) is 15.5. The van der Waals surface area contributed by atoms with Crippen LogP contribution in [0.5, 0.6) is 0 Å². The topological polar surface area (TPSA) is 224 Å². The highest BCUT2D eigenvalue weighted by Gasteiger charge is 2.51. The number of aliphatic hydroxyl groups is 5. The van der Waals surface area contributed by atoms with Gasteiger partial charge in [-0.05, 0) is 19.8 Å². The highest BCUT2D eigenvalue weighted by Crippen LogP contribution is 2.30. The Morgan fingerprint density at radius 1 is 0.833 bits per heavy atom. The summed E-state index contributed by atoms with van der Waals surface area (Å²) in [5.41, 5.74) is 5.51. The van der Waals surface area contributed by atoms with Crippen molar-refractivity contribution in [2.24, 2.45) is 10.7 Å². The molecule has 10 atom stereocenters. The molecule has 244 valence electrons. The lowest BCUT2D eigenvalue weighted by Gasteiger charge is -2.45. The number of ether oxygens (including phenoxy) is 2. The molecule has 0 bridgehead atoms. The van der Waals surface area contributed by atoms with Crippen LogP contribution in [0.2, 0.25) is 0 Å². The summed E-state index contributed by atoms with van der Waals surface area (Å²) in [4.78, 5) is 28.0. The third kappa shape index (κ3) is 11.3. The minimum Gasteiger partial charge on any atom is -0.475 e. The molecule has 2 aliphatic rings. The van der Waals surface area contributed by atoms with Crippen molar-refractivity contribution in [2.75, 3.05) is 0 Å². The number of rotatable bonds is 17. The van der Waals surface area contributed by atoms with Gasteiger partial charge in [-0.3, -0.25) is 9.79 Å². The molecule has 0 aromatic heterocycles. The lowest BCUT2D eigenvalue weighted by Crippen LogP contribution is -2.66. The van der Waals surface area contributed by atoms with Gasteiger partial charge in [0.15, 0.2) is 6.29 Å². The summed E-state index contributed by atoms with van der Waals surface area (Å²) in [7, 11) is 0. The van der Waals surface area contributed by atoms with Gasteiger partial charge in [-0.25, -0.2) is 4.79 Å². The number of hydrogen-bond acceptors (Lipinski definition) is 10. The molecule has 9 N–H and O–H groups in total. The smallest absolute Gasteiger partial charge is 0.370 e. The van der Waals surface area contributed by atoms with Crippen molar-refractivity contribution in [1.82, 2.24) is 5.32 Å². The van der Waals surface area contributed by atoms with Crippen LogP contribution in [-0.4, -0.2) is 109 Å². The maximum absolute atomic E-state index is 12.8. The number of nitrogens with two attached hydrogens (primary N) is 1. The number of carboxylic acids is 1. The van der Waals surface area contributed by atoms with Crippen molar-refractivity contribution < 1.29 is 49.7 Å². The van der Waals surface area contributed by atoms with Crippen LogP contribution in [0.25, 0.3) is 0 Å². The molecule has 0 spiro atoms. The molecule has 1 amide bonds. The molecule has 13 nitrogen and oxygen atoms in total. The van der Waals surface area contributed by atoms with E-state index in [9.17, 15) is 35.1 Å². The molecule has 1 saturated carbocycles. The number of unbranched alkanes of at least 4 members (excludes halogenated alkanes) is 11. The Balaban J connectivity index is 1.90. The number of nitrogens with one attached hydrogen (secondary N) is 1. The monoisotopic (exact) mass is 603 g/mol. The summed E-state index contributed by atoms with van der Waals surface area (Å²) in [6.45, 7) is 3.82. The Morgan fingerprint density at radius 3 is 1.81 bits per heavy atom. The third-order valence-corrected chi connectivity index (χ3v) is 8.21. The maximum atomic E-state index is 12.8. The number of carbonyl (C=O) groups excluding carboxylic acids is 1. The van der Waals surface area contributed by atoms with Gasteiger partial charge in [0.1, 0.15) is 36.6 Å². The number of amides is 1. The molecule has 1 aliphatic heterocycles. The predicted octanol–water partition coefficient (Wildman–Crippen LogP) is 0.711. The van der Waals surface area contributed by atoms with Gasteiger partial charge in [-0.15, -0.1) is 0 Å². The molecule has 0 aromatic carbocycles. The Bertz CT molecular complexity index is 830. The fourth-order valence-electron chi connectivity index (χ4n) is 5.52. The summed E-state index contributed by atoms with van der Waals surface area (Å²) in [6, 6.07) is -1.61. The van der Waals surface area contributed by atoms with Crippen LogP contribution in [0.1, 0.15) is 104 Å². The Kier molecular flexibility index (Phi) is 16.2. The number of amidine groups is 1. The fourth-order valence-corrected chi connectivity index (χ4v) is 5.52. The number of aliphatic hydroxyl groups excluding tert-OH is 5. The van der Waals surface area contributed by atoms with Crippen molar-refractivity contribution in [2.45, 2.75) is 165 Å². The molecule has 2 rings (SSSR count). The molecule has 13 heteroatoms. The predicted molar refractivity (Wildman–Crippen MR) is 155 cm³/mol. The van der Waals surface area contributed by atoms with Crippen LogP contribution in [-0.2, 0) is 19.1 Å². The first-order chi connectivity index (χ1) is 20.0. The SMILES string of the molecule is CCCCCCCCCCCCCCC(=O)N[C@H]1C[C@H](N=C(N)C(=O)O)[C@@H](C)O[C@@H]1OC1[C@@H](O)[C@H](O)C(O)[C@H](O)[C@H]1O. The van der Waals surface area contributed by atoms with E-state index in [1.807, 2.05) is 0 Å². The maximum Gasteiger partial charge on any atom is 0.370 e. The van der Waals surface area contributed by atoms with Crippen molar-refractivity contribution >= 4 is 17.7 Å². The average Bonchev–Trinajstić information content (AvgIpc) is 2.95. The Hall–Kier alpha value is -1.87. The summed E-state index contributed by atoms with van der Waals surface area (Å²) in [5, 5.41) is 62.8. The van der Waals surface area contributed by atoms with E-state index >= 15 is 0 Å². The van der Waals surface area contributed by atoms with Crippen molar-refractivity contribution in [3.8, 4) is 0 Å². The van der Waals surface area contributed by atoms with Gasteiger partial charge in [0, 0.05) is 6.42 Å². The van der Waals surface area contributed by atoms with E-state index in [-0.39, 0.29) is 18.7 Å². The van der Waals surface area contributed by atoms with Gasteiger partial charge < -0.3 is 51.2 Å². The molecule has 2 fully saturated rings. The first-order valence-corrected chi connectivity index (χ1v) is 15.5. The minimum absolute atomic E-state index is 0.0800. The van der Waals surface area contributed by atoms with E-state index in [0.717, 1.165) is 19.3 Å². The van der Waals surface area contributed by atoms with E-state index < -0.39 is 72.9 Å². The van der Waals surface area contributed by atoms with Gasteiger partial charge in [-0.2, -0.15) is 0 Å². The van der Waals surface area contributed by atoms with Crippen LogP contribution in [0.3, 0.4) is 0 Å². The Labute approximate surface area is 248 Å². The van der Waals surface area contributed by atoms with Gasteiger partial charge in [0.25, 0.3) is 0 Å². The standard InChI is InChI=1S/C29H53N3O10/c1-3-4-5-6-7-8-9-10-11-12-13-14-15-20(33)31-19-16-18(32-27(30)28(39)40)17(2)41-29(19)42-26-24(37)22(35)21(34)23(36)25(26)38/h17-19,21-26,29,34-38H,3-16H2,1-2H3,(H2,30,32)(H,31,33)(H,39,40)/t17-,18+,19+,21?,22-,23+,24+,25-,26?,29-/m1/s1. The lowest BCUT2D eigenvalue weighted by atomic mass is 9.84. The minimum atomic E-state index is -1.79. The summed E-state index contributed by atoms with van der Waals surface area (Å²) >= 11 is 0. The number of aliphatic carboxylic acids is 1. The van der Waals surface area contributed by atoms with Crippen LogP contribution >= 0.6 is 0 Å². The van der Waals surface area contributed by atoms with Crippen LogP contribution in [0.4, 0.5) is 0 Å². The summed E-state index contributed by atoms with van der Waals surface area (Å²) < 4.78 is 11.6. The zero-order chi connectivity index (χ0) is 31.2. The fraction of sp³-hybridized carbons (Fsp3) is 0.897. The number of hydrogen-bond donors (Lipinski definition) is 8. The van der Waals surface area contributed by atoms with E-state index in [2.05, 4.69) is 17.2 Å². The number of nitrogens with zero attached hydrogens (tertiary/aromatic N) is 1. The second kappa shape index (κ2) is 18.7. The van der Waals surface area contributed by atoms with Crippen molar-refractivity contribution in [3.63, 3.8) is 0 Å². The zero-order valence-electron chi connectivity index (χ0n) is 25.0. The molecule has 1 heterocycles. The summed E-state index contributed by atoms with van der Waals surface area (Å²) in [6.07, 6.45) is 1.90. The normalized spacial score (nSPS) is 33.8. The number of carbonyl (C=O) groups is 2. The van der Waals surface area contributed by atoms with Crippen molar-refractivity contribution in [1.29, 1.82) is 0 Å². The molecule has 42 heavy (non-hydrogen) atoms. The highest BCUT2D eigenvalue weighted by molar-refractivity contribution is 6.33. The average molecular weight is 604 g/mol. The lowest BCUT2D eigenvalue weighted by molar-refractivity contribution is -0.295. The van der Waals surface area contributed by atoms with Crippen molar-refractivity contribution in [3.05, 3.63) is 0 Å². The first kappa shape index (κ1) is 36.3. The van der Waals surface area contributed by atoms with Gasteiger partial charge in [-0.1, -0.05) is 77.6 Å². The van der Waals surface area contributed by atoms with E-state index in [1.54, 1.807) is 6.92 Å². The number of aliphatic imine (C=N–C) groups is 1. The van der Waals surface area contributed by atoms with E-state index in [4.69, 9.17) is 20.3 Å². The van der Waals surface area contributed by atoms with Crippen LogP contribution in [0, 0.1) is 0 Å². The Morgan fingerprint density at radius 2 is 1.31 bits per heavy atom.